The van der Waals surface area contributed by atoms with Gasteiger partial charge in [0.15, 0.2) is 0 Å². The second kappa shape index (κ2) is 6.69. The van der Waals surface area contributed by atoms with Gasteiger partial charge in [0.2, 0.25) is 5.91 Å². The zero-order valence-corrected chi connectivity index (χ0v) is 12.4. The Morgan fingerprint density at radius 3 is 2.59 bits per heavy atom. The van der Waals surface area contributed by atoms with Gasteiger partial charge >= 0.3 is 0 Å². The molecule has 1 aliphatic rings. The van der Waals surface area contributed by atoms with Gasteiger partial charge in [0.25, 0.3) is 0 Å². The Morgan fingerprint density at radius 2 is 1.95 bits per heavy atom. The summed E-state index contributed by atoms with van der Waals surface area (Å²) in [7, 11) is 0. The minimum atomic E-state index is -0.246. The van der Waals surface area contributed by atoms with Crippen LogP contribution in [0.3, 0.4) is 0 Å². The molecule has 3 nitrogen and oxygen atoms in total. The lowest BCUT2D eigenvalue weighted by Gasteiger charge is -2.22. The van der Waals surface area contributed by atoms with Crippen molar-refractivity contribution in [3.63, 3.8) is 0 Å². The molecule has 2 aromatic rings. The normalized spacial score (nSPS) is 13.9. The van der Waals surface area contributed by atoms with Crippen molar-refractivity contribution >= 4 is 5.91 Å². The highest BCUT2D eigenvalue weighted by molar-refractivity contribution is 5.77. The average Bonchev–Trinajstić information content (AvgIpc) is 3.38. The molecule has 0 saturated heterocycles. The van der Waals surface area contributed by atoms with Crippen LogP contribution in [0.25, 0.3) is 0 Å². The first-order chi connectivity index (χ1) is 10.7. The van der Waals surface area contributed by atoms with Crippen molar-refractivity contribution in [2.75, 3.05) is 0 Å². The van der Waals surface area contributed by atoms with Gasteiger partial charge in [-0.3, -0.25) is 9.78 Å². The molecule has 3 rings (SSSR count). The van der Waals surface area contributed by atoms with Crippen molar-refractivity contribution < 1.29 is 9.18 Å². The van der Waals surface area contributed by atoms with Crippen molar-refractivity contribution in [2.24, 2.45) is 0 Å². The molecule has 0 atom stereocenters. The van der Waals surface area contributed by atoms with Gasteiger partial charge in [0.05, 0.1) is 0 Å². The standard InChI is InChI=1S/C18H19FN2O/c19-16-6-3-15(4-7-16)13-21(17-8-9-17)18(22)10-5-14-2-1-11-20-12-14/h1-4,6-7,11-12,17H,5,8-10,13H2. The van der Waals surface area contributed by atoms with Crippen LogP contribution >= 0.6 is 0 Å². The van der Waals surface area contributed by atoms with Gasteiger partial charge < -0.3 is 4.90 Å². The second-order valence-electron chi connectivity index (χ2n) is 5.74. The molecular weight excluding hydrogens is 279 g/mol. The highest BCUT2D eigenvalue weighted by Gasteiger charge is 2.32. The topological polar surface area (TPSA) is 33.2 Å². The van der Waals surface area contributed by atoms with Gasteiger partial charge in [0.1, 0.15) is 5.82 Å². The number of amides is 1. The van der Waals surface area contributed by atoms with Crippen LogP contribution in [0, 0.1) is 5.82 Å². The molecule has 1 saturated carbocycles. The minimum absolute atomic E-state index is 0.163. The fourth-order valence-electron chi connectivity index (χ4n) is 2.53. The van der Waals surface area contributed by atoms with Gasteiger partial charge in [-0.05, 0) is 48.6 Å². The molecule has 4 heteroatoms. The summed E-state index contributed by atoms with van der Waals surface area (Å²) in [6.45, 7) is 0.566. The Morgan fingerprint density at radius 1 is 1.18 bits per heavy atom. The van der Waals surface area contributed by atoms with Gasteiger partial charge in [-0.25, -0.2) is 4.39 Å². The average molecular weight is 298 g/mol. The fourth-order valence-corrected chi connectivity index (χ4v) is 2.53. The smallest absolute Gasteiger partial charge is 0.223 e. The Hall–Kier alpha value is -2.23. The minimum Gasteiger partial charge on any atom is -0.335 e. The van der Waals surface area contributed by atoms with Crippen molar-refractivity contribution in [3.8, 4) is 0 Å². The van der Waals surface area contributed by atoms with E-state index < -0.39 is 0 Å². The molecule has 0 aliphatic heterocycles. The second-order valence-corrected chi connectivity index (χ2v) is 5.74. The lowest BCUT2D eigenvalue weighted by atomic mass is 10.1. The third-order valence-electron chi connectivity index (χ3n) is 3.92. The van der Waals surface area contributed by atoms with E-state index in [0.29, 0.717) is 25.4 Å². The highest BCUT2D eigenvalue weighted by atomic mass is 19.1. The molecule has 1 heterocycles. The van der Waals surface area contributed by atoms with E-state index in [4.69, 9.17) is 0 Å². The number of pyridine rings is 1. The van der Waals surface area contributed by atoms with Crippen LogP contribution in [0.2, 0.25) is 0 Å². The van der Waals surface area contributed by atoms with Crippen LogP contribution < -0.4 is 0 Å². The van der Waals surface area contributed by atoms with Gasteiger partial charge in [-0.1, -0.05) is 18.2 Å². The lowest BCUT2D eigenvalue weighted by Crippen LogP contribution is -2.32. The van der Waals surface area contributed by atoms with Crippen LogP contribution in [-0.4, -0.2) is 21.8 Å². The van der Waals surface area contributed by atoms with E-state index >= 15 is 0 Å². The molecule has 0 radical (unpaired) electrons. The Balaban J connectivity index is 1.61. The highest BCUT2D eigenvalue weighted by Crippen LogP contribution is 2.29. The van der Waals surface area contributed by atoms with Crippen LogP contribution in [0.5, 0.6) is 0 Å². The summed E-state index contributed by atoms with van der Waals surface area (Å²) in [5.74, 6) is -0.0831. The summed E-state index contributed by atoms with van der Waals surface area (Å²) in [5.41, 5.74) is 2.05. The van der Waals surface area contributed by atoms with Crippen LogP contribution in [0.15, 0.2) is 48.8 Å². The molecule has 0 N–H and O–H groups in total. The maximum Gasteiger partial charge on any atom is 0.223 e. The molecule has 1 aromatic heterocycles. The summed E-state index contributed by atoms with van der Waals surface area (Å²) in [6.07, 6.45) is 6.87. The van der Waals surface area contributed by atoms with Crippen molar-refractivity contribution in [2.45, 2.75) is 38.3 Å². The number of hydrogen-bond acceptors (Lipinski definition) is 2. The number of hydrogen-bond donors (Lipinski definition) is 0. The van der Waals surface area contributed by atoms with E-state index in [1.807, 2.05) is 17.0 Å². The predicted molar refractivity (Wildman–Crippen MR) is 82.5 cm³/mol. The van der Waals surface area contributed by atoms with E-state index in [9.17, 15) is 9.18 Å². The van der Waals surface area contributed by atoms with Gasteiger partial charge in [-0.2, -0.15) is 0 Å². The zero-order chi connectivity index (χ0) is 15.4. The lowest BCUT2D eigenvalue weighted by molar-refractivity contribution is -0.132. The van der Waals surface area contributed by atoms with E-state index in [-0.39, 0.29) is 11.7 Å². The summed E-state index contributed by atoms with van der Waals surface area (Å²) in [5, 5.41) is 0. The summed E-state index contributed by atoms with van der Waals surface area (Å²) in [4.78, 5) is 18.5. The maximum absolute atomic E-state index is 13.0. The largest absolute Gasteiger partial charge is 0.335 e. The molecule has 1 aromatic carbocycles. The third kappa shape index (κ3) is 3.91. The third-order valence-corrected chi connectivity index (χ3v) is 3.92. The molecule has 1 fully saturated rings. The van der Waals surface area contributed by atoms with E-state index in [1.165, 1.54) is 12.1 Å². The SMILES string of the molecule is O=C(CCc1cccnc1)N(Cc1ccc(F)cc1)C1CC1. The Kier molecular flexibility index (Phi) is 4.47. The first kappa shape index (κ1) is 14.7. The number of halogens is 1. The number of nitrogens with zero attached hydrogens (tertiary/aromatic N) is 2. The number of aromatic nitrogens is 1. The summed E-state index contributed by atoms with van der Waals surface area (Å²) >= 11 is 0. The van der Waals surface area contributed by atoms with Crippen LogP contribution in [0.1, 0.15) is 30.4 Å². The van der Waals surface area contributed by atoms with Crippen LogP contribution in [0.4, 0.5) is 4.39 Å². The van der Waals surface area contributed by atoms with Gasteiger partial charge in [0, 0.05) is 31.4 Å². The summed E-state index contributed by atoms with van der Waals surface area (Å²) < 4.78 is 13.0. The molecular formula is C18H19FN2O. The number of carbonyl (C=O) groups excluding carboxylic acids is 1. The van der Waals surface area contributed by atoms with Gasteiger partial charge in [-0.15, -0.1) is 0 Å². The molecule has 114 valence electrons. The molecule has 22 heavy (non-hydrogen) atoms. The first-order valence-corrected chi connectivity index (χ1v) is 7.65. The molecule has 0 spiro atoms. The van der Waals surface area contributed by atoms with Crippen molar-refractivity contribution in [1.29, 1.82) is 0 Å². The number of aryl methyl sites for hydroxylation is 1. The van der Waals surface area contributed by atoms with E-state index in [0.717, 1.165) is 24.0 Å². The fraction of sp³-hybridized carbons (Fsp3) is 0.333. The monoisotopic (exact) mass is 298 g/mol. The first-order valence-electron chi connectivity index (χ1n) is 7.65. The molecule has 1 aliphatic carbocycles. The van der Waals surface area contributed by atoms with E-state index in [1.54, 1.807) is 24.5 Å². The Labute approximate surface area is 129 Å². The Bertz CT molecular complexity index is 623. The maximum atomic E-state index is 13.0. The van der Waals surface area contributed by atoms with Crippen molar-refractivity contribution in [3.05, 3.63) is 65.7 Å². The quantitative estimate of drug-likeness (QED) is 0.819. The molecule has 0 bridgehead atoms. The van der Waals surface area contributed by atoms with Crippen molar-refractivity contribution in [1.82, 2.24) is 9.88 Å². The number of carbonyl (C=O) groups is 1. The summed E-state index contributed by atoms with van der Waals surface area (Å²) in [6, 6.07) is 10.6. The predicted octanol–water partition coefficient (Wildman–Crippen LogP) is 3.34. The zero-order valence-electron chi connectivity index (χ0n) is 12.4. The van der Waals surface area contributed by atoms with Crippen LogP contribution in [-0.2, 0) is 17.8 Å². The molecule has 0 unspecified atom stereocenters. The van der Waals surface area contributed by atoms with E-state index in [2.05, 4.69) is 4.98 Å². The molecule has 1 amide bonds. The number of rotatable bonds is 6. The number of benzene rings is 1.